The zero-order chi connectivity index (χ0) is 11.5. The molecule has 1 aliphatic rings. The maximum Gasteiger partial charge on any atom is 0.407 e. The second kappa shape index (κ2) is 5.06. The predicted octanol–water partition coefficient (Wildman–Crippen LogP) is 3.49. The number of amides is 1. The summed E-state index contributed by atoms with van der Waals surface area (Å²) in [6.45, 7) is 0.234. The molecule has 1 fully saturated rings. The van der Waals surface area contributed by atoms with Gasteiger partial charge in [-0.25, -0.2) is 4.79 Å². The van der Waals surface area contributed by atoms with Gasteiger partial charge >= 0.3 is 6.09 Å². The van der Waals surface area contributed by atoms with Gasteiger partial charge in [0.15, 0.2) is 0 Å². The molecule has 1 aliphatic carbocycles. The third kappa shape index (κ3) is 3.68. The summed E-state index contributed by atoms with van der Waals surface area (Å²) in [4.78, 5) is 11.3. The Labute approximate surface area is 107 Å². The lowest BCUT2D eigenvalue weighted by Crippen LogP contribution is -2.26. The summed E-state index contributed by atoms with van der Waals surface area (Å²) in [7, 11) is 0. The normalized spacial score (nSPS) is 14.6. The molecule has 1 amide bonds. The molecule has 86 valence electrons. The minimum atomic E-state index is -0.362. The second-order valence-electron chi connectivity index (χ2n) is 3.77. The minimum absolute atomic E-state index is 0.234. The Balaban J connectivity index is 1.85. The van der Waals surface area contributed by atoms with Gasteiger partial charge in [-0.2, -0.15) is 0 Å². The Hall–Kier alpha value is -0.740. The van der Waals surface area contributed by atoms with Crippen LogP contribution in [-0.4, -0.2) is 12.1 Å². The van der Waals surface area contributed by atoms with Crippen LogP contribution in [-0.2, 0) is 11.3 Å². The topological polar surface area (TPSA) is 38.3 Å². The number of carbonyl (C=O) groups excluding carboxylic acids is 1. The first-order chi connectivity index (χ1) is 7.63. The quantitative estimate of drug-likeness (QED) is 0.928. The molecule has 0 spiro atoms. The van der Waals surface area contributed by atoms with E-state index in [1.165, 1.54) is 0 Å². The van der Waals surface area contributed by atoms with Crippen molar-refractivity contribution < 1.29 is 9.53 Å². The van der Waals surface area contributed by atoms with Crippen LogP contribution >= 0.6 is 27.5 Å². The van der Waals surface area contributed by atoms with Crippen LogP contribution in [0.3, 0.4) is 0 Å². The Bertz CT molecular complexity index is 387. The van der Waals surface area contributed by atoms with Crippen molar-refractivity contribution in [1.29, 1.82) is 0 Å². The molecule has 16 heavy (non-hydrogen) atoms. The smallest absolute Gasteiger partial charge is 0.407 e. The fraction of sp³-hybridized carbons (Fsp3) is 0.364. The van der Waals surface area contributed by atoms with Crippen molar-refractivity contribution in [2.75, 3.05) is 0 Å². The Morgan fingerprint density at radius 3 is 2.88 bits per heavy atom. The maximum atomic E-state index is 11.3. The van der Waals surface area contributed by atoms with Crippen LogP contribution in [0.2, 0.25) is 5.02 Å². The highest BCUT2D eigenvalue weighted by Gasteiger charge is 2.23. The first-order valence-electron chi connectivity index (χ1n) is 5.02. The van der Waals surface area contributed by atoms with Gasteiger partial charge in [0, 0.05) is 15.5 Å². The van der Waals surface area contributed by atoms with Gasteiger partial charge in [0.2, 0.25) is 0 Å². The number of rotatable bonds is 3. The summed E-state index contributed by atoms with van der Waals surface area (Å²) in [6.07, 6.45) is 1.74. The van der Waals surface area contributed by atoms with E-state index in [2.05, 4.69) is 21.2 Å². The first kappa shape index (κ1) is 11.7. The van der Waals surface area contributed by atoms with Gasteiger partial charge < -0.3 is 10.1 Å². The highest BCUT2D eigenvalue weighted by atomic mass is 79.9. The zero-order valence-electron chi connectivity index (χ0n) is 8.50. The number of alkyl carbamates (subject to hydrolysis) is 1. The van der Waals surface area contributed by atoms with Gasteiger partial charge in [0.25, 0.3) is 0 Å². The van der Waals surface area contributed by atoms with Crippen molar-refractivity contribution in [1.82, 2.24) is 5.32 Å². The van der Waals surface area contributed by atoms with E-state index in [1.807, 2.05) is 6.07 Å². The van der Waals surface area contributed by atoms with Crippen molar-refractivity contribution >= 4 is 33.6 Å². The number of hydrogen-bond acceptors (Lipinski definition) is 2. The Morgan fingerprint density at radius 2 is 2.25 bits per heavy atom. The maximum absolute atomic E-state index is 11.3. The standard InChI is InChI=1S/C11H11BrClNO2/c12-8-3-7(4-9(13)5-8)6-16-11(15)14-10-1-2-10/h3-5,10H,1-2,6H2,(H,14,15). The minimum Gasteiger partial charge on any atom is -0.445 e. The molecular formula is C11H11BrClNO2. The summed E-state index contributed by atoms with van der Waals surface area (Å²) < 4.78 is 5.94. The summed E-state index contributed by atoms with van der Waals surface area (Å²) >= 11 is 9.20. The molecule has 5 heteroatoms. The van der Waals surface area contributed by atoms with Crippen LogP contribution in [0.1, 0.15) is 18.4 Å². The van der Waals surface area contributed by atoms with E-state index in [1.54, 1.807) is 12.1 Å². The molecule has 1 aromatic rings. The summed E-state index contributed by atoms with van der Waals surface area (Å²) in [5, 5.41) is 3.37. The average molecular weight is 305 g/mol. The van der Waals surface area contributed by atoms with E-state index in [0.29, 0.717) is 11.1 Å². The largest absolute Gasteiger partial charge is 0.445 e. The van der Waals surface area contributed by atoms with E-state index in [-0.39, 0.29) is 12.7 Å². The molecular weight excluding hydrogens is 293 g/mol. The van der Waals surface area contributed by atoms with Crippen molar-refractivity contribution in [3.8, 4) is 0 Å². The second-order valence-corrected chi connectivity index (χ2v) is 5.12. The molecule has 0 bridgehead atoms. The van der Waals surface area contributed by atoms with E-state index in [4.69, 9.17) is 16.3 Å². The lowest BCUT2D eigenvalue weighted by atomic mass is 10.2. The molecule has 0 saturated heterocycles. The Kier molecular flexibility index (Phi) is 3.71. The molecule has 1 aromatic carbocycles. The van der Waals surface area contributed by atoms with Crippen LogP contribution < -0.4 is 5.32 Å². The molecule has 0 atom stereocenters. The number of halogens is 2. The summed E-state index contributed by atoms with van der Waals surface area (Å²) in [5.41, 5.74) is 0.866. The van der Waals surface area contributed by atoms with Crippen molar-refractivity contribution in [3.05, 3.63) is 33.3 Å². The van der Waals surface area contributed by atoms with Gasteiger partial charge in [-0.1, -0.05) is 27.5 Å². The third-order valence-electron chi connectivity index (χ3n) is 2.19. The van der Waals surface area contributed by atoms with E-state index < -0.39 is 0 Å². The summed E-state index contributed by atoms with van der Waals surface area (Å²) in [5.74, 6) is 0. The van der Waals surface area contributed by atoms with Gasteiger partial charge in [0.05, 0.1) is 0 Å². The number of nitrogens with one attached hydrogen (secondary N) is 1. The van der Waals surface area contributed by atoms with Crippen LogP contribution in [0, 0.1) is 0 Å². The Morgan fingerprint density at radius 1 is 1.50 bits per heavy atom. The monoisotopic (exact) mass is 303 g/mol. The van der Waals surface area contributed by atoms with Gasteiger partial charge in [-0.05, 0) is 36.6 Å². The highest BCUT2D eigenvalue weighted by molar-refractivity contribution is 9.10. The van der Waals surface area contributed by atoms with Crippen molar-refractivity contribution in [2.45, 2.75) is 25.5 Å². The molecule has 0 aliphatic heterocycles. The third-order valence-corrected chi connectivity index (χ3v) is 2.87. The van der Waals surface area contributed by atoms with Gasteiger partial charge in [-0.3, -0.25) is 0 Å². The molecule has 1 N–H and O–H groups in total. The molecule has 0 heterocycles. The van der Waals surface area contributed by atoms with E-state index in [0.717, 1.165) is 22.9 Å². The lowest BCUT2D eigenvalue weighted by Gasteiger charge is -2.06. The predicted molar refractivity (Wildman–Crippen MR) is 65.5 cm³/mol. The highest BCUT2D eigenvalue weighted by Crippen LogP contribution is 2.21. The number of benzene rings is 1. The first-order valence-corrected chi connectivity index (χ1v) is 6.19. The zero-order valence-corrected chi connectivity index (χ0v) is 10.8. The summed E-state index contributed by atoms with van der Waals surface area (Å²) in [6, 6.07) is 5.75. The SMILES string of the molecule is O=C(NC1CC1)OCc1cc(Cl)cc(Br)c1. The van der Waals surface area contributed by atoms with E-state index >= 15 is 0 Å². The molecule has 0 radical (unpaired) electrons. The van der Waals surface area contributed by atoms with Gasteiger partial charge in [0.1, 0.15) is 6.61 Å². The molecule has 3 nitrogen and oxygen atoms in total. The van der Waals surface area contributed by atoms with E-state index in [9.17, 15) is 4.79 Å². The van der Waals surface area contributed by atoms with Gasteiger partial charge in [-0.15, -0.1) is 0 Å². The average Bonchev–Trinajstić information content (AvgIpc) is 2.97. The molecule has 0 aromatic heterocycles. The number of ether oxygens (including phenoxy) is 1. The number of carbonyl (C=O) groups is 1. The molecule has 2 rings (SSSR count). The van der Waals surface area contributed by atoms with Crippen LogP contribution in [0.15, 0.2) is 22.7 Å². The van der Waals surface area contributed by atoms with Crippen molar-refractivity contribution in [3.63, 3.8) is 0 Å². The fourth-order valence-electron chi connectivity index (χ4n) is 1.28. The lowest BCUT2D eigenvalue weighted by molar-refractivity contribution is 0.139. The number of hydrogen-bond donors (Lipinski definition) is 1. The van der Waals surface area contributed by atoms with Crippen LogP contribution in [0.5, 0.6) is 0 Å². The van der Waals surface area contributed by atoms with Crippen LogP contribution in [0.4, 0.5) is 4.79 Å². The van der Waals surface area contributed by atoms with Crippen LogP contribution in [0.25, 0.3) is 0 Å². The van der Waals surface area contributed by atoms with Crippen molar-refractivity contribution in [2.24, 2.45) is 0 Å². The fourth-order valence-corrected chi connectivity index (χ4v) is 2.21. The molecule has 0 unspecified atom stereocenters. The molecule has 1 saturated carbocycles.